The summed E-state index contributed by atoms with van der Waals surface area (Å²) in [5.74, 6) is 0.692. The summed E-state index contributed by atoms with van der Waals surface area (Å²) in [5.41, 5.74) is 7.52. The van der Waals surface area contributed by atoms with Crippen molar-refractivity contribution in [3.8, 4) is 0 Å². The van der Waals surface area contributed by atoms with Gasteiger partial charge in [0.1, 0.15) is 0 Å². The molecule has 3 rings (SSSR count). The van der Waals surface area contributed by atoms with Crippen molar-refractivity contribution in [2.75, 3.05) is 0 Å². The van der Waals surface area contributed by atoms with Crippen LogP contribution in [0.25, 0.3) is 5.70 Å². The Morgan fingerprint density at radius 2 is 1.88 bits per heavy atom. The first kappa shape index (κ1) is 17.8. The van der Waals surface area contributed by atoms with Crippen LogP contribution < -0.4 is 5.32 Å². The molecular weight excluding hydrogens is 304 g/mol. The average Bonchev–Trinajstić information content (AvgIpc) is 2.91. The SMILES string of the molecule is C=C1CCC(N2Cc3cc(C(CCC)CCC)ccc3C2=C)C(=C)N1. The number of nitrogens with zero attached hydrogens (tertiary/aromatic N) is 1. The van der Waals surface area contributed by atoms with Gasteiger partial charge in [-0.25, -0.2) is 0 Å². The molecule has 134 valence electrons. The van der Waals surface area contributed by atoms with Crippen LogP contribution in [0.1, 0.15) is 75.0 Å². The third kappa shape index (κ3) is 3.53. The maximum Gasteiger partial charge on any atom is 0.0693 e. The van der Waals surface area contributed by atoms with E-state index in [-0.39, 0.29) is 0 Å². The van der Waals surface area contributed by atoms with Gasteiger partial charge in [0.25, 0.3) is 0 Å². The zero-order valence-electron chi connectivity index (χ0n) is 15.9. The van der Waals surface area contributed by atoms with Gasteiger partial charge in [-0.2, -0.15) is 0 Å². The number of piperidine rings is 1. The van der Waals surface area contributed by atoms with E-state index in [9.17, 15) is 0 Å². The van der Waals surface area contributed by atoms with Gasteiger partial charge < -0.3 is 10.2 Å². The summed E-state index contributed by atoms with van der Waals surface area (Å²) >= 11 is 0. The molecule has 1 aromatic rings. The molecule has 1 fully saturated rings. The molecule has 1 unspecified atom stereocenters. The van der Waals surface area contributed by atoms with E-state index in [2.05, 4.69) is 62.0 Å². The maximum atomic E-state index is 4.39. The monoisotopic (exact) mass is 336 g/mol. The molecule has 2 heteroatoms. The third-order valence-electron chi connectivity index (χ3n) is 5.71. The van der Waals surface area contributed by atoms with Gasteiger partial charge in [0.05, 0.1) is 6.04 Å². The van der Waals surface area contributed by atoms with Gasteiger partial charge in [-0.15, -0.1) is 0 Å². The normalized spacial score (nSPS) is 20.2. The fourth-order valence-electron chi connectivity index (χ4n) is 4.39. The highest BCUT2D eigenvalue weighted by atomic mass is 15.2. The number of hydrogen-bond donors (Lipinski definition) is 1. The minimum absolute atomic E-state index is 0.316. The second kappa shape index (κ2) is 7.51. The van der Waals surface area contributed by atoms with Crippen molar-refractivity contribution in [1.29, 1.82) is 0 Å². The van der Waals surface area contributed by atoms with Crippen molar-refractivity contribution < 1.29 is 0 Å². The first-order chi connectivity index (χ1) is 12.0. The fourth-order valence-corrected chi connectivity index (χ4v) is 4.39. The van der Waals surface area contributed by atoms with Crippen LogP contribution in [0, 0.1) is 0 Å². The summed E-state index contributed by atoms with van der Waals surface area (Å²) < 4.78 is 0. The Morgan fingerprint density at radius 1 is 1.16 bits per heavy atom. The number of allylic oxidation sites excluding steroid dienone is 1. The molecule has 0 aliphatic carbocycles. The lowest BCUT2D eigenvalue weighted by atomic mass is 9.88. The van der Waals surface area contributed by atoms with Gasteiger partial charge in [-0.1, -0.05) is 64.6 Å². The Morgan fingerprint density at radius 3 is 2.52 bits per heavy atom. The lowest BCUT2D eigenvalue weighted by Gasteiger charge is -2.36. The van der Waals surface area contributed by atoms with E-state index in [1.165, 1.54) is 42.4 Å². The van der Waals surface area contributed by atoms with Crippen LogP contribution in [-0.2, 0) is 6.54 Å². The number of fused-ring (bicyclic) bond motifs is 1. The predicted octanol–water partition coefficient (Wildman–Crippen LogP) is 5.94. The predicted molar refractivity (Wildman–Crippen MR) is 108 cm³/mol. The summed E-state index contributed by atoms with van der Waals surface area (Å²) in [7, 11) is 0. The van der Waals surface area contributed by atoms with E-state index in [1.807, 2.05) is 0 Å². The summed E-state index contributed by atoms with van der Waals surface area (Å²) in [6.07, 6.45) is 7.13. The van der Waals surface area contributed by atoms with Crippen molar-refractivity contribution in [3.63, 3.8) is 0 Å². The van der Waals surface area contributed by atoms with E-state index in [1.54, 1.807) is 0 Å². The highest BCUT2D eigenvalue weighted by Gasteiger charge is 2.32. The molecular formula is C23H32N2. The lowest BCUT2D eigenvalue weighted by molar-refractivity contribution is 0.297. The van der Waals surface area contributed by atoms with Crippen LogP contribution in [-0.4, -0.2) is 10.9 Å². The Bertz CT molecular complexity index is 679. The first-order valence-electron chi connectivity index (χ1n) is 9.77. The second-order valence-corrected chi connectivity index (χ2v) is 7.57. The molecule has 0 saturated carbocycles. The molecule has 2 aliphatic heterocycles. The van der Waals surface area contributed by atoms with Crippen LogP contribution in [0.3, 0.4) is 0 Å². The molecule has 0 aromatic heterocycles. The second-order valence-electron chi connectivity index (χ2n) is 7.57. The summed E-state index contributed by atoms with van der Waals surface area (Å²) in [6.45, 7) is 18.2. The van der Waals surface area contributed by atoms with Crippen LogP contribution >= 0.6 is 0 Å². The molecule has 0 bridgehead atoms. The van der Waals surface area contributed by atoms with Gasteiger partial charge in [0.2, 0.25) is 0 Å². The molecule has 2 heterocycles. The van der Waals surface area contributed by atoms with E-state index < -0.39 is 0 Å². The molecule has 1 atom stereocenters. The van der Waals surface area contributed by atoms with Crippen LogP contribution in [0.4, 0.5) is 0 Å². The van der Waals surface area contributed by atoms with Gasteiger partial charge in [-0.3, -0.25) is 0 Å². The first-order valence-corrected chi connectivity index (χ1v) is 9.77. The highest BCUT2D eigenvalue weighted by molar-refractivity contribution is 5.70. The van der Waals surface area contributed by atoms with Gasteiger partial charge >= 0.3 is 0 Å². The van der Waals surface area contributed by atoms with E-state index >= 15 is 0 Å². The smallest absolute Gasteiger partial charge is 0.0693 e. The van der Waals surface area contributed by atoms with Crippen LogP contribution in [0.15, 0.2) is 49.3 Å². The zero-order valence-corrected chi connectivity index (χ0v) is 15.9. The van der Waals surface area contributed by atoms with Crippen LogP contribution in [0.5, 0.6) is 0 Å². The lowest BCUT2D eigenvalue weighted by Crippen LogP contribution is -2.39. The van der Waals surface area contributed by atoms with Gasteiger partial charge in [0, 0.05) is 29.2 Å². The maximum absolute atomic E-state index is 4.39. The molecule has 0 spiro atoms. The Balaban J connectivity index is 1.81. The molecule has 2 nitrogen and oxygen atoms in total. The molecule has 1 saturated heterocycles. The van der Waals surface area contributed by atoms with Crippen LogP contribution in [0.2, 0.25) is 0 Å². The van der Waals surface area contributed by atoms with E-state index in [0.29, 0.717) is 12.0 Å². The molecule has 1 N–H and O–H groups in total. The molecule has 2 aliphatic rings. The van der Waals surface area contributed by atoms with Crippen molar-refractivity contribution >= 4 is 5.70 Å². The van der Waals surface area contributed by atoms with Gasteiger partial charge in [-0.05, 0) is 42.7 Å². The summed E-state index contributed by atoms with van der Waals surface area (Å²) in [4.78, 5) is 2.42. The number of nitrogens with one attached hydrogen (secondary N) is 1. The van der Waals surface area contributed by atoms with Crippen molar-refractivity contribution in [1.82, 2.24) is 10.2 Å². The minimum atomic E-state index is 0.316. The Hall–Kier alpha value is -1.96. The third-order valence-corrected chi connectivity index (χ3v) is 5.71. The summed E-state index contributed by atoms with van der Waals surface area (Å²) in [6, 6.07) is 7.38. The molecule has 1 aromatic carbocycles. The number of rotatable bonds is 6. The minimum Gasteiger partial charge on any atom is -0.362 e. The van der Waals surface area contributed by atoms with Gasteiger partial charge in [0.15, 0.2) is 0 Å². The summed E-state index contributed by atoms with van der Waals surface area (Å²) in [5, 5.41) is 3.34. The highest BCUT2D eigenvalue weighted by Crippen LogP contribution is 2.39. The fraction of sp³-hybridized carbons (Fsp3) is 0.478. The van der Waals surface area contributed by atoms with E-state index in [0.717, 1.165) is 36.5 Å². The Labute approximate surface area is 153 Å². The van der Waals surface area contributed by atoms with Crippen molar-refractivity contribution in [2.45, 2.75) is 70.9 Å². The quantitative estimate of drug-likeness (QED) is 0.692. The Kier molecular flexibility index (Phi) is 5.36. The number of hydrogen-bond acceptors (Lipinski definition) is 2. The molecule has 25 heavy (non-hydrogen) atoms. The molecule has 0 radical (unpaired) electrons. The van der Waals surface area contributed by atoms with Crippen molar-refractivity contribution in [3.05, 3.63) is 66.0 Å². The largest absolute Gasteiger partial charge is 0.362 e. The number of benzene rings is 1. The zero-order chi connectivity index (χ0) is 18.0. The average molecular weight is 337 g/mol. The molecule has 0 amide bonds. The topological polar surface area (TPSA) is 15.3 Å². The standard InChI is InChI=1S/C23H32N2/c1-6-8-19(9-7-2)20-11-12-22-18(5)25(15-21(22)14-20)23-13-10-16(3)24-17(23)4/h11-12,14,19,23-24H,3-10,13,15H2,1-2H3. The van der Waals surface area contributed by atoms with Crippen molar-refractivity contribution in [2.24, 2.45) is 0 Å². The van der Waals surface area contributed by atoms with E-state index in [4.69, 9.17) is 0 Å².